The Kier molecular flexibility index (Phi) is 18.9. The van der Waals surface area contributed by atoms with E-state index in [1.54, 1.807) is 6.92 Å². The van der Waals surface area contributed by atoms with Crippen LogP contribution in [-0.4, -0.2) is 24.6 Å². The molecule has 4 nitrogen and oxygen atoms in total. The van der Waals surface area contributed by atoms with Crippen LogP contribution in [0, 0.1) is 0 Å². The summed E-state index contributed by atoms with van der Waals surface area (Å²) in [5.74, 6) is -0.378. The molecule has 27 heavy (non-hydrogen) atoms. The van der Waals surface area contributed by atoms with Crippen LogP contribution in [0.4, 0.5) is 0 Å². The molecule has 0 amide bonds. The van der Waals surface area contributed by atoms with Crippen molar-refractivity contribution in [2.75, 3.05) is 6.61 Å². The predicted molar refractivity (Wildman–Crippen MR) is 112 cm³/mol. The highest BCUT2D eigenvalue weighted by molar-refractivity contribution is 5.70. The Balaban J connectivity index is 3.43. The van der Waals surface area contributed by atoms with Gasteiger partial charge in [0.25, 0.3) is 0 Å². The van der Waals surface area contributed by atoms with E-state index < -0.39 is 0 Å². The molecule has 0 saturated heterocycles. The first-order valence-electron chi connectivity index (χ1n) is 11.4. The van der Waals surface area contributed by atoms with Gasteiger partial charge in [0.1, 0.15) is 12.7 Å². The van der Waals surface area contributed by atoms with Gasteiger partial charge in [-0.2, -0.15) is 0 Å². The zero-order valence-electron chi connectivity index (χ0n) is 18.2. The molecule has 0 aromatic rings. The molecule has 0 radical (unpaired) electrons. The number of rotatable bonds is 19. The Labute approximate surface area is 167 Å². The fourth-order valence-electron chi connectivity index (χ4n) is 3.05. The molecule has 4 heteroatoms. The highest BCUT2D eigenvalue weighted by Crippen LogP contribution is 2.12. The standard InChI is InChI=1S/C23H44O4/c1-4-6-8-9-10-11-12-13-14-15-17-19-23(25)27-21(3)20-26-22(24)18-16-7-5-2/h21H,4-20H2,1-3H3/t21-/m0/s1. The van der Waals surface area contributed by atoms with Gasteiger partial charge in [-0.15, -0.1) is 0 Å². The number of esters is 2. The van der Waals surface area contributed by atoms with E-state index in [0.29, 0.717) is 12.8 Å². The van der Waals surface area contributed by atoms with E-state index in [4.69, 9.17) is 9.47 Å². The topological polar surface area (TPSA) is 52.6 Å². The van der Waals surface area contributed by atoms with E-state index in [1.165, 1.54) is 57.8 Å². The van der Waals surface area contributed by atoms with Crippen molar-refractivity contribution in [1.29, 1.82) is 0 Å². The van der Waals surface area contributed by atoms with Crippen LogP contribution in [0.25, 0.3) is 0 Å². The Morgan fingerprint density at radius 3 is 1.59 bits per heavy atom. The molecule has 0 N–H and O–H groups in total. The normalized spacial score (nSPS) is 12.0. The second-order valence-corrected chi connectivity index (χ2v) is 7.73. The van der Waals surface area contributed by atoms with Crippen LogP contribution in [0.1, 0.15) is 124 Å². The fourth-order valence-corrected chi connectivity index (χ4v) is 3.05. The summed E-state index contributed by atoms with van der Waals surface area (Å²) in [4.78, 5) is 23.3. The van der Waals surface area contributed by atoms with Crippen LogP contribution in [0.3, 0.4) is 0 Å². The van der Waals surface area contributed by atoms with Crippen molar-refractivity contribution in [3.05, 3.63) is 0 Å². The summed E-state index contributed by atoms with van der Waals surface area (Å²) >= 11 is 0. The van der Waals surface area contributed by atoms with Crippen molar-refractivity contribution < 1.29 is 19.1 Å². The molecule has 0 bridgehead atoms. The monoisotopic (exact) mass is 384 g/mol. The van der Waals surface area contributed by atoms with Gasteiger partial charge in [-0.3, -0.25) is 9.59 Å². The van der Waals surface area contributed by atoms with Crippen LogP contribution in [0.2, 0.25) is 0 Å². The number of carbonyl (C=O) groups is 2. The maximum atomic E-state index is 11.8. The molecule has 0 aliphatic carbocycles. The Bertz CT molecular complexity index is 354. The minimum absolute atomic E-state index is 0.162. The van der Waals surface area contributed by atoms with E-state index in [2.05, 4.69) is 13.8 Å². The molecule has 0 aromatic carbocycles. The van der Waals surface area contributed by atoms with Gasteiger partial charge in [0.05, 0.1) is 0 Å². The van der Waals surface area contributed by atoms with Crippen molar-refractivity contribution in [2.45, 2.75) is 130 Å². The third-order valence-corrected chi connectivity index (χ3v) is 4.78. The molecule has 0 aliphatic rings. The highest BCUT2D eigenvalue weighted by atomic mass is 16.6. The van der Waals surface area contributed by atoms with Crippen molar-refractivity contribution >= 4 is 11.9 Å². The number of hydrogen-bond donors (Lipinski definition) is 0. The van der Waals surface area contributed by atoms with Crippen molar-refractivity contribution in [2.24, 2.45) is 0 Å². The van der Waals surface area contributed by atoms with E-state index >= 15 is 0 Å². The lowest BCUT2D eigenvalue weighted by molar-refractivity contribution is -0.158. The molecule has 1 atom stereocenters. The van der Waals surface area contributed by atoms with Gasteiger partial charge in [-0.1, -0.05) is 90.9 Å². The smallest absolute Gasteiger partial charge is 0.306 e. The van der Waals surface area contributed by atoms with Crippen LogP contribution >= 0.6 is 0 Å². The average Bonchev–Trinajstić information content (AvgIpc) is 2.64. The molecule has 0 heterocycles. The Morgan fingerprint density at radius 1 is 0.630 bits per heavy atom. The van der Waals surface area contributed by atoms with Gasteiger partial charge in [0, 0.05) is 12.8 Å². The zero-order chi connectivity index (χ0) is 20.2. The lowest BCUT2D eigenvalue weighted by Crippen LogP contribution is -2.22. The number of hydrogen-bond acceptors (Lipinski definition) is 4. The van der Waals surface area contributed by atoms with E-state index in [1.807, 2.05) is 0 Å². The molecule has 0 aliphatic heterocycles. The van der Waals surface area contributed by atoms with Crippen LogP contribution in [0.5, 0.6) is 0 Å². The average molecular weight is 385 g/mol. The summed E-state index contributed by atoms with van der Waals surface area (Å²) < 4.78 is 10.4. The van der Waals surface area contributed by atoms with Crippen LogP contribution < -0.4 is 0 Å². The van der Waals surface area contributed by atoms with Crippen molar-refractivity contribution in [3.8, 4) is 0 Å². The second-order valence-electron chi connectivity index (χ2n) is 7.73. The highest BCUT2D eigenvalue weighted by Gasteiger charge is 2.12. The number of unbranched alkanes of at least 4 members (excludes halogenated alkanes) is 12. The van der Waals surface area contributed by atoms with E-state index in [0.717, 1.165) is 32.1 Å². The van der Waals surface area contributed by atoms with E-state index in [-0.39, 0.29) is 24.6 Å². The lowest BCUT2D eigenvalue weighted by Gasteiger charge is -2.13. The first kappa shape index (κ1) is 25.9. The van der Waals surface area contributed by atoms with Gasteiger partial charge in [0.15, 0.2) is 0 Å². The molecule has 0 fully saturated rings. The second kappa shape index (κ2) is 19.7. The summed E-state index contributed by atoms with van der Waals surface area (Å²) in [6.07, 6.45) is 17.5. The Hall–Kier alpha value is -1.06. The van der Waals surface area contributed by atoms with Gasteiger partial charge < -0.3 is 9.47 Å². The third kappa shape index (κ3) is 19.5. The quantitative estimate of drug-likeness (QED) is 0.183. The molecule has 0 spiro atoms. The number of carbonyl (C=O) groups excluding carboxylic acids is 2. The Morgan fingerprint density at radius 2 is 1.04 bits per heavy atom. The van der Waals surface area contributed by atoms with Crippen LogP contribution in [0.15, 0.2) is 0 Å². The van der Waals surface area contributed by atoms with Crippen molar-refractivity contribution in [3.63, 3.8) is 0 Å². The molecule has 0 rings (SSSR count). The lowest BCUT2D eigenvalue weighted by atomic mass is 10.1. The first-order valence-corrected chi connectivity index (χ1v) is 11.4. The fraction of sp³-hybridized carbons (Fsp3) is 0.913. The first-order chi connectivity index (χ1) is 13.1. The molecule has 0 unspecified atom stereocenters. The van der Waals surface area contributed by atoms with E-state index in [9.17, 15) is 9.59 Å². The minimum Gasteiger partial charge on any atom is -0.462 e. The molecule has 0 aromatic heterocycles. The maximum absolute atomic E-state index is 11.8. The summed E-state index contributed by atoms with van der Waals surface area (Å²) in [6, 6.07) is 0. The van der Waals surface area contributed by atoms with Gasteiger partial charge >= 0.3 is 11.9 Å². The minimum atomic E-state index is -0.361. The third-order valence-electron chi connectivity index (χ3n) is 4.78. The molecular weight excluding hydrogens is 340 g/mol. The predicted octanol–water partition coefficient (Wildman–Crippen LogP) is 6.74. The molecule has 0 saturated carbocycles. The van der Waals surface area contributed by atoms with Crippen molar-refractivity contribution in [1.82, 2.24) is 0 Å². The maximum Gasteiger partial charge on any atom is 0.306 e. The van der Waals surface area contributed by atoms with Gasteiger partial charge in [-0.05, 0) is 19.8 Å². The van der Waals surface area contributed by atoms with Crippen LogP contribution in [-0.2, 0) is 19.1 Å². The molecular formula is C23H44O4. The summed E-state index contributed by atoms with van der Waals surface area (Å²) in [5, 5.41) is 0. The SMILES string of the molecule is CCCCCCCCCCCCCC(=O)O[C@@H](C)COC(=O)CCCCC. The summed E-state index contributed by atoms with van der Waals surface area (Å²) in [7, 11) is 0. The summed E-state index contributed by atoms with van der Waals surface area (Å²) in [6.45, 7) is 6.29. The van der Waals surface area contributed by atoms with Gasteiger partial charge in [0.2, 0.25) is 0 Å². The largest absolute Gasteiger partial charge is 0.462 e. The zero-order valence-corrected chi connectivity index (χ0v) is 18.2. The number of ether oxygens (including phenoxy) is 2. The summed E-state index contributed by atoms with van der Waals surface area (Å²) in [5.41, 5.74) is 0. The van der Waals surface area contributed by atoms with Gasteiger partial charge in [-0.25, -0.2) is 0 Å². The molecule has 160 valence electrons.